The Balaban J connectivity index is 2.29. The lowest BCUT2D eigenvalue weighted by Gasteiger charge is -1.92. The van der Waals surface area contributed by atoms with Crippen LogP contribution in [0.15, 0.2) is 12.4 Å². The molecule has 0 unspecified atom stereocenters. The Hall–Kier alpha value is -2.97. The van der Waals surface area contributed by atoms with Gasteiger partial charge in [-0.3, -0.25) is 4.79 Å². The molecule has 0 atom stereocenters. The van der Waals surface area contributed by atoms with Crippen molar-refractivity contribution in [2.45, 2.75) is 0 Å². The molecule has 9 nitrogen and oxygen atoms in total. The van der Waals surface area contributed by atoms with Crippen LogP contribution in [0, 0.1) is 0 Å². The number of nitrogens with zero attached hydrogens (tertiary/aromatic N) is 2. The maximum atomic E-state index is 11.8. The van der Waals surface area contributed by atoms with Crippen LogP contribution in [0.1, 0.15) is 37.4 Å². The molecule has 0 amide bonds. The Kier molecular flexibility index (Phi) is 2.64. The van der Waals surface area contributed by atoms with Crippen molar-refractivity contribution >= 4 is 17.7 Å². The van der Waals surface area contributed by atoms with Crippen LogP contribution >= 0.6 is 0 Å². The maximum Gasteiger partial charge on any atom is 0.371 e. The van der Waals surface area contributed by atoms with Crippen molar-refractivity contribution in [2.75, 3.05) is 0 Å². The van der Waals surface area contributed by atoms with E-state index in [9.17, 15) is 14.4 Å². The van der Waals surface area contributed by atoms with E-state index in [2.05, 4.69) is 19.9 Å². The summed E-state index contributed by atoms with van der Waals surface area (Å²) < 4.78 is 0. The van der Waals surface area contributed by atoms with E-state index in [-0.39, 0.29) is 23.0 Å². The van der Waals surface area contributed by atoms with E-state index in [1.54, 1.807) is 0 Å². The molecule has 2 rings (SSSR count). The molecular formula is C9H6N4O5. The van der Waals surface area contributed by atoms with E-state index in [0.717, 1.165) is 12.4 Å². The first-order chi connectivity index (χ1) is 8.49. The average Bonchev–Trinajstić information content (AvgIpc) is 2.97. The molecule has 9 heteroatoms. The minimum Gasteiger partial charge on any atom is -0.475 e. The standard InChI is InChI=1S/C9H6N4O5/c14-5(3-1-10-6(12-3)8(15)16)4-2-11-7(13-4)9(17)18/h1-2H,(H,10,12)(H,11,13)(H,15,16)(H,17,18). The van der Waals surface area contributed by atoms with Gasteiger partial charge in [-0.05, 0) is 0 Å². The van der Waals surface area contributed by atoms with E-state index in [4.69, 9.17) is 10.2 Å². The number of aromatic nitrogens is 4. The summed E-state index contributed by atoms with van der Waals surface area (Å²) in [6.07, 6.45) is 2.10. The van der Waals surface area contributed by atoms with Crippen LogP contribution in [0.3, 0.4) is 0 Å². The van der Waals surface area contributed by atoms with Gasteiger partial charge >= 0.3 is 11.9 Å². The summed E-state index contributed by atoms with van der Waals surface area (Å²) in [6, 6.07) is 0. The Bertz CT molecular complexity index is 587. The Morgan fingerprint density at radius 1 is 0.889 bits per heavy atom. The van der Waals surface area contributed by atoms with Gasteiger partial charge in [0.15, 0.2) is 0 Å². The quantitative estimate of drug-likeness (QED) is 0.547. The number of rotatable bonds is 4. The highest BCUT2D eigenvalue weighted by atomic mass is 16.4. The van der Waals surface area contributed by atoms with Crippen LogP contribution in [0.5, 0.6) is 0 Å². The van der Waals surface area contributed by atoms with E-state index in [1.165, 1.54) is 0 Å². The molecule has 0 aliphatic heterocycles. The zero-order chi connectivity index (χ0) is 13.3. The number of carboxylic acid groups (broad SMARTS) is 2. The lowest BCUT2D eigenvalue weighted by molar-refractivity contribution is 0.0674. The second-order valence-electron chi connectivity index (χ2n) is 3.23. The third kappa shape index (κ3) is 1.96. The van der Waals surface area contributed by atoms with E-state index in [1.807, 2.05) is 0 Å². The molecule has 0 radical (unpaired) electrons. The number of carboxylic acids is 2. The summed E-state index contributed by atoms with van der Waals surface area (Å²) in [5.74, 6) is -3.99. The van der Waals surface area contributed by atoms with Gasteiger partial charge in [0.25, 0.3) is 0 Å². The first kappa shape index (κ1) is 11.5. The molecule has 2 aromatic heterocycles. The molecule has 0 saturated carbocycles. The number of carbonyl (C=O) groups is 3. The smallest absolute Gasteiger partial charge is 0.371 e. The number of aromatic amines is 2. The highest BCUT2D eigenvalue weighted by molar-refractivity contribution is 6.07. The minimum absolute atomic E-state index is 0.0759. The number of hydrogen-bond donors (Lipinski definition) is 4. The summed E-state index contributed by atoms with van der Waals surface area (Å²) in [5, 5.41) is 17.2. The van der Waals surface area contributed by atoms with E-state index >= 15 is 0 Å². The van der Waals surface area contributed by atoms with Crippen molar-refractivity contribution in [1.29, 1.82) is 0 Å². The van der Waals surface area contributed by atoms with Crippen molar-refractivity contribution in [2.24, 2.45) is 0 Å². The molecular weight excluding hydrogens is 244 g/mol. The van der Waals surface area contributed by atoms with Crippen molar-refractivity contribution in [1.82, 2.24) is 19.9 Å². The van der Waals surface area contributed by atoms with Crippen LogP contribution in [-0.4, -0.2) is 47.9 Å². The van der Waals surface area contributed by atoms with Gasteiger partial charge in [0.1, 0.15) is 11.4 Å². The monoisotopic (exact) mass is 250 g/mol. The predicted octanol–water partition coefficient (Wildman–Crippen LogP) is -0.240. The zero-order valence-electron chi connectivity index (χ0n) is 8.67. The van der Waals surface area contributed by atoms with Crippen LogP contribution in [0.2, 0.25) is 0 Å². The summed E-state index contributed by atoms with van der Waals surface area (Å²) in [7, 11) is 0. The Morgan fingerprint density at radius 3 is 1.56 bits per heavy atom. The molecule has 2 aromatic rings. The molecule has 2 heterocycles. The van der Waals surface area contributed by atoms with Crippen LogP contribution in [0.4, 0.5) is 0 Å². The van der Waals surface area contributed by atoms with Gasteiger partial charge in [-0.2, -0.15) is 0 Å². The molecule has 0 fully saturated rings. The van der Waals surface area contributed by atoms with Gasteiger partial charge in [-0.25, -0.2) is 19.6 Å². The molecule has 0 aromatic carbocycles. The summed E-state index contributed by atoms with van der Waals surface area (Å²) in [6.45, 7) is 0. The largest absolute Gasteiger partial charge is 0.475 e. The van der Waals surface area contributed by atoms with E-state index < -0.39 is 17.7 Å². The SMILES string of the molecule is O=C(c1cnc(C(=O)O)[nH]1)c1cnc(C(=O)O)[nH]1. The number of imidazole rings is 2. The minimum atomic E-state index is -1.30. The van der Waals surface area contributed by atoms with Gasteiger partial charge in [0, 0.05) is 0 Å². The number of carbonyl (C=O) groups excluding carboxylic acids is 1. The lowest BCUT2D eigenvalue weighted by Crippen LogP contribution is -2.05. The summed E-state index contributed by atoms with van der Waals surface area (Å²) in [5.41, 5.74) is -0.152. The van der Waals surface area contributed by atoms with Gasteiger partial charge in [0.2, 0.25) is 17.4 Å². The van der Waals surface area contributed by atoms with Crippen molar-refractivity contribution < 1.29 is 24.6 Å². The molecule has 0 aliphatic rings. The molecule has 4 N–H and O–H groups in total. The van der Waals surface area contributed by atoms with Crippen LogP contribution in [0.25, 0.3) is 0 Å². The number of aromatic carboxylic acids is 2. The Labute approximate surface area is 98.5 Å². The first-order valence-electron chi connectivity index (χ1n) is 4.60. The fourth-order valence-corrected chi connectivity index (χ4v) is 1.24. The third-order valence-electron chi connectivity index (χ3n) is 2.05. The van der Waals surface area contributed by atoms with Crippen molar-refractivity contribution in [3.63, 3.8) is 0 Å². The van der Waals surface area contributed by atoms with Crippen molar-refractivity contribution in [3.8, 4) is 0 Å². The number of H-pyrrole nitrogens is 2. The van der Waals surface area contributed by atoms with Gasteiger partial charge in [0.05, 0.1) is 12.4 Å². The Morgan fingerprint density at radius 2 is 1.28 bits per heavy atom. The molecule has 0 saturated heterocycles. The third-order valence-corrected chi connectivity index (χ3v) is 2.05. The van der Waals surface area contributed by atoms with E-state index in [0.29, 0.717) is 0 Å². The first-order valence-corrected chi connectivity index (χ1v) is 4.60. The van der Waals surface area contributed by atoms with Crippen LogP contribution in [-0.2, 0) is 0 Å². The normalized spacial score (nSPS) is 10.2. The molecule has 92 valence electrons. The van der Waals surface area contributed by atoms with Gasteiger partial charge in [-0.15, -0.1) is 0 Å². The molecule has 18 heavy (non-hydrogen) atoms. The van der Waals surface area contributed by atoms with Crippen LogP contribution < -0.4 is 0 Å². The zero-order valence-corrected chi connectivity index (χ0v) is 8.67. The highest BCUT2D eigenvalue weighted by Crippen LogP contribution is 2.06. The van der Waals surface area contributed by atoms with Gasteiger partial charge in [-0.1, -0.05) is 0 Å². The maximum absolute atomic E-state index is 11.8. The topological polar surface area (TPSA) is 149 Å². The predicted molar refractivity (Wildman–Crippen MR) is 54.5 cm³/mol. The fourth-order valence-electron chi connectivity index (χ4n) is 1.24. The number of hydrogen-bond acceptors (Lipinski definition) is 5. The fraction of sp³-hybridized carbons (Fsp3) is 0. The summed E-state index contributed by atoms with van der Waals surface area (Å²) in [4.78, 5) is 44.5. The molecule has 0 spiro atoms. The summed E-state index contributed by atoms with van der Waals surface area (Å²) >= 11 is 0. The lowest BCUT2D eigenvalue weighted by atomic mass is 10.2. The molecule has 0 bridgehead atoms. The number of nitrogens with one attached hydrogen (secondary N) is 2. The second kappa shape index (κ2) is 4.13. The molecule has 0 aliphatic carbocycles. The second-order valence-corrected chi connectivity index (χ2v) is 3.23. The van der Waals surface area contributed by atoms with Crippen molar-refractivity contribution in [3.05, 3.63) is 35.4 Å². The van der Waals surface area contributed by atoms with Gasteiger partial charge < -0.3 is 20.2 Å². The highest BCUT2D eigenvalue weighted by Gasteiger charge is 2.18. The average molecular weight is 250 g/mol. The number of ketones is 1.